The third-order valence-corrected chi connectivity index (χ3v) is 6.24. The average Bonchev–Trinajstić information content (AvgIpc) is 2.71. The van der Waals surface area contributed by atoms with Gasteiger partial charge in [-0.15, -0.1) is 0 Å². The van der Waals surface area contributed by atoms with E-state index >= 15 is 0 Å². The van der Waals surface area contributed by atoms with E-state index < -0.39 is 28.5 Å². The van der Waals surface area contributed by atoms with Gasteiger partial charge in [-0.05, 0) is 30.2 Å². The van der Waals surface area contributed by atoms with E-state index in [-0.39, 0.29) is 12.5 Å². The Balaban J connectivity index is 2.40. The van der Waals surface area contributed by atoms with Crippen molar-refractivity contribution in [1.29, 1.82) is 0 Å². The van der Waals surface area contributed by atoms with Crippen LogP contribution in [0.4, 0.5) is 5.69 Å². The number of benzene rings is 2. The first-order chi connectivity index (χ1) is 14.2. The zero-order valence-electron chi connectivity index (χ0n) is 17.2. The second kappa shape index (κ2) is 10.6. The number of nitrogens with zero attached hydrogens (tertiary/aromatic N) is 2. The van der Waals surface area contributed by atoms with Gasteiger partial charge in [0.25, 0.3) is 0 Å². The molecule has 2 rings (SSSR count). The number of amides is 2. The van der Waals surface area contributed by atoms with Crippen molar-refractivity contribution in [2.75, 3.05) is 24.2 Å². The predicted octanol–water partition coefficient (Wildman–Crippen LogP) is 2.77. The molecule has 0 unspecified atom stereocenters. The highest BCUT2D eigenvalue weighted by Crippen LogP contribution is 2.23. The van der Waals surface area contributed by atoms with E-state index in [4.69, 9.17) is 0 Å². The van der Waals surface area contributed by atoms with Crippen LogP contribution in [-0.2, 0) is 26.2 Å². The van der Waals surface area contributed by atoms with Gasteiger partial charge in [0.05, 0.1) is 11.9 Å². The Kier molecular flexibility index (Phi) is 8.43. The molecule has 1 N–H and O–H groups in total. The van der Waals surface area contributed by atoms with Crippen LogP contribution in [0.3, 0.4) is 0 Å². The normalized spacial score (nSPS) is 12.1. The minimum Gasteiger partial charge on any atom is -0.357 e. The molecule has 0 aliphatic carbocycles. The highest BCUT2D eigenvalue weighted by Gasteiger charge is 2.31. The summed E-state index contributed by atoms with van der Waals surface area (Å²) >= 11 is 3.33. The van der Waals surface area contributed by atoms with Gasteiger partial charge >= 0.3 is 0 Å². The molecule has 2 aromatic carbocycles. The summed E-state index contributed by atoms with van der Waals surface area (Å²) in [6.07, 6.45) is 1.45. The lowest BCUT2D eigenvalue weighted by molar-refractivity contribution is -0.140. The molecule has 0 aromatic heterocycles. The summed E-state index contributed by atoms with van der Waals surface area (Å²) in [5.74, 6) is -0.755. The summed E-state index contributed by atoms with van der Waals surface area (Å²) in [7, 11) is -2.22. The topological polar surface area (TPSA) is 86.8 Å². The molecule has 0 bridgehead atoms. The fraction of sp³-hybridized carbons (Fsp3) is 0.333. The van der Waals surface area contributed by atoms with Gasteiger partial charge in [-0.1, -0.05) is 59.3 Å². The second-order valence-corrected chi connectivity index (χ2v) is 9.62. The lowest BCUT2D eigenvalue weighted by Gasteiger charge is -2.32. The molecule has 1 atom stereocenters. The van der Waals surface area contributed by atoms with Gasteiger partial charge in [0.1, 0.15) is 12.6 Å². The van der Waals surface area contributed by atoms with Crippen LogP contribution in [0.5, 0.6) is 0 Å². The first-order valence-corrected chi connectivity index (χ1v) is 12.1. The molecule has 0 heterocycles. The van der Waals surface area contributed by atoms with E-state index in [0.29, 0.717) is 16.6 Å². The van der Waals surface area contributed by atoms with Crippen LogP contribution in [0, 0.1) is 0 Å². The minimum atomic E-state index is -3.73. The van der Waals surface area contributed by atoms with Crippen LogP contribution < -0.4 is 9.62 Å². The SMILES string of the molecule is CC[C@@H](C(=O)NC)N(Cc1ccccc1)C(=O)CN(c1cccc(Br)c1)S(C)(=O)=O. The number of carbonyl (C=O) groups is 2. The molecule has 0 fully saturated rings. The van der Waals surface area contributed by atoms with Crippen molar-refractivity contribution in [3.05, 3.63) is 64.6 Å². The van der Waals surface area contributed by atoms with Crippen molar-refractivity contribution in [2.24, 2.45) is 0 Å². The Morgan fingerprint density at radius 2 is 1.77 bits per heavy atom. The highest BCUT2D eigenvalue weighted by molar-refractivity contribution is 9.10. The molecule has 9 heteroatoms. The van der Waals surface area contributed by atoms with Gasteiger partial charge < -0.3 is 10.2 Å². The fourth-order valence-corrected chi connectivity index (χ4v) is 4.34. The zero-order valence-corrected chi connectivity index (χ0v) is 19.6. The number of hydrogen-bond acceptors (Lipinski definition) is 4. The van der Waals surface area contributed by atoms with E-state index in [2.05, 4.69) is 21.2 Å². The summed E-state index contributed by atoms with van der Waals surface area (Å²) in [6, 6.07) is 15.3. The van der Waals surface area contributed by atoms with Gasteiger partial charge in [-0.25, -0.2) is 8.42 Å². The summed E-state index contributed by atoms with van der Waals surface area (Å²) in [4.78, 5) is 27.2. The Bertz CT molecular complexity index is 983. The largest absolute Gasteiger partial charge is 0.357 e. The molecule has 0 saturated carbocycles. The van der Waals surface area contributed by atoms with Crippen molar-refractivity contribution in [2.45, 2.75) is 25.9 Å². The number of nitrogens with one attached hydrogen (secondary N) is 1. The Labute approximate surface area is 186 Å². The number of halogens is 1. The molecule has 0 saturated heterocycles. The molecule has 0 aliphatic heterocycles. The molecule has 0 aliphatic rings. The molecule has 7 nitrogen and oxygen atoms in total. The zero-order chi connectivity index (χ0) is 22.3. The highest BCUT2D eigenvalue weighted by atomic mass is 79.9. The van der Waals surface area contributed by atoms with Gasteiger partial charge in [0.2, 0.25) is 21.8 Å². The van der Waals surface area contributed by atoms with Crippen molar-refractivity contribution in [1.82, 2.24) is 10.2 Å². The molecular formula is C21H26BrN3O4S. The Hall–Kier alpha value is -2.39. The first kappa shape index (κ1) is 23.9. The van der Waals surface area contributed by atoms with Gasteiger partial charge in [0.15, 0.2) is 0 Å². The van der Waals surface area contributed by atoms with Gasteiger partial charge in [-0.2, -0.15) is 0 Å². The van der Waals surface area contributed by atoms with Crippen LogP contribution in [0.2, 0.25) is 0 Å². The molecule has 30 heavy (non-hydrogen) atoms. The average molecular weight is 496 g/mol. The van der Waals surface area contributed by atoms with Crippen LogP contribution >= 0.6 is 15.9 Å². The van der Waals surface area contributed by atoms with Crippen LogP contribution in [0.25, 0.3) is 0 Å². The summed E-state index contributed by atoms with van der Waals surface area (Å²) in [6.45, 7) is 1.60. The quantitative estimate of drug-likeness (QED) is 0.579. The minimum absolute atomic E-state index is 0.196. The maximum Gasteiger partial charge on any atom is 0.244 e. The van der Waals surface area contributed by atoms with E-state index in [9.17, 15) is 18.0 Å². The fourth-order valence-electron chi connectivity index (χ4n) is 3.11. The third-order valence-electron chi connectivity index (χ3n) is 4.60. The maximum atomic E-state index is 13.3. The van der Waals surface area contributed by atoms with Gasteiger partial charge in [0, 0.05) is 18.1 Å². The van der Waals surface area contributed by atoms with Crippen molar-refractivity contribution < 1.29 is 18.0 Å². The third kappa shape index (κ3) is 6.30. The van der Waals surface area contributed by atoms with E-state index in [1.54, 1.807) is 24.3 Å². The molecule has 0 radical (unpaired) electrons. The summed E-state index contributed by atoms with van der Waals surface area (Å²) in [5.41, 5.74) is 1.22. The predicted molar refractivity (Wildman–Crippen MR) is 121 cm³/mol. The number of rotatable bonds is 9. The van der Waals surface area contributed by atoms with E-state index in [0.717, 1.165) is 16.1 Å². The standard InChI is InChI=1S/C21H26BrN3O4S/c1-4-19(21(27)23-2)24(14-16-9-6-5-7-10-16)20(26)15-25(30(3,28)29)18-12-8-11-17(22)13-18/h5-13,19H,4,14-15H2,1-3H3,(H,23,27)/t19-/m0/s1. The molecule has 0 spiro atoms. The Morgan fingerprint density at radius 3 is 2.30 bits per heavy atom. The number of likely N-dealkylation sites (N-methyl/N-ethyl adjacent to an activating group) is 1. The number of sulfonamides is 1. The van der Waals surface area contributed by atoms with Crippen molar-refractivity contribution >= 4 is 43.5 Å². The van der Waals surface area contributed by atoms with Crippen molar-refractivity contribution in [3.8, 4) is 0 Å². The van der Waals surface area contributed by atoms with Gasteiger partial charge in [-0.3, -0.25) is 13.9 Å². The van der Waals surface area contributed by atoms with Crippen molar-refractivity contribution in [3.63, 3.8) is 0 Å². The second-order valence-electron chi connectivity index (χ2n) is 6.80. The monoisotopic (exact) mass is 495 g/mol. The van der Waals surface area contributed by atoms with E-state index in [1.807, 2.05) is 37.3 Å². The smallest absolute Gasteiger partial charge is 0.244 e. The molecular weight excluding hydrogens is 470 g/mol. The first-order valence-electron chi connectivity index (χ1n) is 9.45. The Morgan fingerprint density at radius 1 is 1.10 bits per heavy atom. The van der Waals surface area contributed by atoms with Crippen LogP contribution in [0.15, 0.2) is 59.1 Å². The maximum absolute atomic E-state index is 13.3. The molecule has 2 amide bonds. The summed E-state index contributed by atoms with van der Waals surface area (Å²) in [5, 5.41) is 2.59. The number of hydrogen-bond donors (Lipinski definition) is 1. The lowest BCUT2D eigenvalue weighted by atomic mass is 10.1. The number of anilines is 1. The molecule has 162 valence electrons. The van der Waals surface area contributed by atoms with Crippen LogP contribution in [-0.4, -0.2) is 51.0 Å². The summed E-state index contributed by atoms with van der Waals surface area (Å²) < 4.78 is 26.6. The number of carbonyl (C=O) groups excluding carboxylic acids is 2. The lowest BCUT2D eigenvalue weighted by Crippen LogP contribution is -2.51. The van der Waals surface area contributed by atoms with Crippen LogP contribution in [0.1, 0.15) is 18.9 Å². The molecule has 2 aromatic rings. The van der Waals surface area contributed by atoms with E-state index in [1.165, 1.54) is 11.9 Å².